The Kier molecular flexibility index (Phi) is 5.64. The number of guanidine groups is 1. The standard InChI is InChI=1S/C25H34N6O2/c1-17-18(2)31-21-22(27(3)25(33)28(4)23(21)32)26-24(31)30(17)15-14-29-12-10-20(11-13-29)16-19-8-6-5-7-9-19/h5-9,20-22H,10-16H2,1-4H3. The molecule has 2 unspecified atom stereocenters. The van der Waals surface area contributed by atoms with E-state index in [2.05, 4.69) is 47.1 Å². The fourth-order valence-corrected chi connectivity index (χ4v) is 5.64. The van der Waals surface area contributed by atoms with Crippen molar-refractivity contribution in [3.05, 3.63) is 47.3 Å². The van der Waals surface area contributed by atoms with Crippen LogP contribution in [0, 0.1) is 5.92 Å². The molecule has 0 bridgehead atoms. The molecule has 0 aliphatic carbocycles. The first-order chi connectivity index (χ1) is 15.9. The maximum absolute atomic E-state index is 12.9. The van der Waals surface area contributed by atoms with Gasteiger partial charge in [-0.2, -0.15) is 0 Å². The second-order valence-corrected chi connectivity index (χ2v) is 9.75. The maximum atomic E-state index is 12.9. The van der Waals surface area contributed by atoms with Gasteiger partial charge < -0.3 is 14.7 Å². The molecular formula is C25H34N6O2. The second-order valence-electron chi connectivity index (χ2n) is 9.75. The number of aliphatic imine (C=N–C) groups is 1. The number of nitrogens with zero attached hydrogens (tertiary/aromatic N) is 6. The highest BCUT2D eigenvalue weighted by Gasteiger charge is 2.54. The Balaban J connectivity index is 1.21. The first-order valence-corrected chi connectivity index (χ1v) is 12.0. The van der Waals surface area contributed by atoms with E-state index in [-0.39, 0.29) is 11.9 Å². The lowest BCUT2D eigenvalue weighted by Crippen LogP contribution is -2.63. The number of carbonyl (C=O) groups excluding carboxylic acids is 2. The summed E-state index contributed by atoms with van der Waals surface area (Å²) in [6.45, 7) is 8.19. The molecule has 0 spiro atoms. The summed E-state index contributed by atoms with van der Waals surface area (Å²) in [6, 6.07) is 10.0. The van der Waals surface area contributed by atoms with E-state index >= 15 is 0 Å². The van der Waals surface area contributed by atoms with E-state index < -0.39 is 12.2 Å². The molecule has 1 aromatic carbocycles. The molecule has 2 atom stereocenters. The van der Waals surface area contributed by atoms with Crippen molar-refractivity contribution < 1.29 is 9.59 Å². The van der Waals surface area contributed by atoms with Gasteiger partial charge in [0.05, 0.1) is 0 Å². The van der Waals surface area contributed by atoms with E-state index in [4.69, 9.17) is 4.99 Å². The lowest BCUT2D eigenvalue weighted by atomic mass is 9.90. The van der Waals surface area contributed by atoms with Crippen LogP contribution in [0.1, 0.15) is 32.3 Å². The van der Waals surface area contributed by atoms with Gasteiger partial charge >= 0.3 is 6.03 Å². The van der Waals surface area contributed by atoms with Crippen LogP contribution in [0.4, 0.5) is 4.79 Å². The van der Waals surface area contributed by atoms with Crippen molar-refractivity contribution >= 4 is 17.9 Å². The van der Waals surface area contributed by atoms with Crippen LogP contribution in [0.5, 0.6) is 0 Å². The minimum Gasteiger partial charge on any atom is -0.313 e. The van der Waals surface area contributed by atoms with Gasteiger partial charge in [-0.3, -0.25) is 14.6 Å². The molecule has 4 aliphatic heterocycles. The highest BCUT2D eigenvalue weighted by Crippen LogP contribution is 2.37. The monoisotopic (exact) mass is 450 g/mol. The third kappa shape index (κ3) is 3.70. The number of allylic oxidation sites excluding steroid dienone is 2. The summed E-state index contributed by atoms with van der Waals surface area (Å²) in [7, 11) is 3.28. The number of likely N-dealkylation sites (tertiary alicyclic amines) is 1. The number of hydrogen-bond acceptors (Lipinski definition) is 6. The number of fused-ring (bicyclic) bond motifs is 3. The molecule has 2 fully saturated rings. The van der Waals surface area contributed by atoms with Gasteiger partial charge in [0.25, 0.3) is 5.91 Å². The van der Waals surface area contributed by atoms with Gasteiger partial charge in [-0.15, -0.1) is 0 Å². The number of hydrogen-bond donors (Lipinski definition) is 0. The van der Waals surface area contributed by atoms with Crippen LogP contribution >= 0.6 is 0 Å². The average molecular weight is 451 g/mol. The number of benzene rings is 1. The van der Waals surface area contributed by atoms with Crippen LogP contribution < -0.4 is 0 Å². The SMILES string of the molecule is CC1=C(C)N2C(=NC3C2C(=O)N(C)C(=O)N3C)N1CCN1CCC(Cc2ccccc2)CC1. The highest BCUT2D eigenvalue weighted by atomic mass is 16.2. The van der Waals surface area contributed by atoms with E-state index in [0.717, 1.165) is 49.5 Å². The predicted octanol–water partition coefficient (Wildman–Crippen LogP) is 2.40. The van der Waals surface area contributed by atoms with Gasteiger partial charge in [-0.1, -0.05) is 30.3 Å². The number of rotatable bonds is 5. The molecule has 2 saturated heterocycles. The van der Waals surface area contributed by atoms with Crippen LogP contribution in [0.25, 0.3) is 0 Å². The molecule has 1 aromatic rings. The van der Waals surface area contributed by atoms with Crippen LogP contribution in [0.15, 0.2) is 46.7 Å². The van der Waals surface area contributed by atoms with Crippen molar-refractivity contribution in [2.24, 2.45) is 10.9 Å². The molecule has 4 heterocycles. The minimum atomic E-state index is -0.471. The lowest BCUT2D eigenvalue weighted by Gasteiger charge is -2.39. The Labute approximate surface area is 196 Å². The minimum absolute atomic E-state index is 0.184. The van der Waals surface area contributed by atoms with Crippen LogP contribution in [-0.2, 0) is 11.2 Å². The van der Waals surface area contributed by atoms with Crippen molar-refractivity contribution in [3.8, 4) is 0 Å². The lowest BCUT2D eigenvalue weighted by molar-refractivity contribution is -0.135. The highest BCUT2D eigenvalue weighted by molar-refractivity contribution is 6.04. The summed E-state index contributed by atoms with van der Waals surface area (Å²) in [5.41, 5.74) is 3.63. The molecule has 0 saturated carbocycles. The first kappa shape index (κ1) is 21.9. The topological polar surface area (TPSA) is 62.7 Å². The van der Waals surface area contributed by atoms with E-state index in [9.17, 15) is 9.59 Å². The summed E-state index contributed by atoms with van der Waals surface area (Å²) in [5, 5.41) is 0. The molecule has 4 aliphatic rings. The average Bonchev–Trinajstić information content (AvgIpc) is 3.32. The Morgan fingerprint density at radius 2 is 1.67 bits per heavy atom. The largest absolute Gasteiger partial charge is 0.328 e. The molecule has 176 valence electrons. The molecule has 3 amide bonds. The molecule has 33 heavy (non-hydrogen) atoms. The second kappa shape index (κ2) is 8.48. The van der Waals surface area contributed by atoms with Crippen LogP contribution in [0.3, 0.4) is 0 Å². The smallest absolute Gasteiger partial charge is 0.313 e. The van der Waals surface area contributed by atoms with Gasteiger partial charge in [-0.25, -0.2) is 9.79 Å². The van der Waals surface area contributed by atoms with Crippen LogP contribution in [0.2, 0.25) is 0 Å². The summed E-state index contributed by atoms with van der Waals surface area (Å²) in [6.07, 6.45) is 3.17. The van der Waals surface area contributed by atoms with Gasteiger partial charge in [0.1, 0.15) is 0 Å². The number of carbonyl (C=O) groups is 2. The van der Waals surface area contributed by atoms with Crippen molar-refractivity contribution in [1.29, 1.82) is 0 Å². The number of urea groups is 1. The summed E-state index contributed by atoms with van der Waals surface area (Å²) >= 11 is 0. The zero-order valence-electron chi connectivity index (χ0n) is 20.1. The fraction of sp³-hybridized carbons (Fsp3) is 0.560. The number of likely N-dealkylation sites (N-methyl/N-ethyl adjacent to an activating group) is 2. The Morgan fingerprint density at radius 1 is 0.970 bits per heavy atom. The predicted molar refractivity (Wildman–Crippen MR) is 127 cm³/mol. The summed E-state index contributed by atoms with van der Waals surface area (Å²) in [5.74, 6) is 1.38. The quantitative estimate of drug-likeness (QED) is 0.689. The van der Waals surface area contributed by atoms with Crippen molar-refractivity contribution in [2.45, 2.75) is 45.3 Å². The first-order valence-electron chi connectivity index (χ1n) is 12.0. The van der Waals surface area contributed by atoms with Gasteiger partial charge in [-0.05, 0) is 57.7 Å². The van der Waals surface area contributed by atoms with Crippen molar-refractivity contribution in [1.82, 2.24) is 24.5 Å². The zero-order valence-corrected chi connectivity index (χ0v) is 20.1. The van der Waals surface area contributed by atoms with Crippen molar-refractivity contribution in [3.63, 3.8) is 0 Å². The number of imide groups is 1. The number of amides is 3. The molecule has 0 radical (unpaired) electrons. The third-order valence-electron chi connectivity index (χ3n) is 7.84. The summed E-state index contributed by atoms with van der Waals surface area (Å²) in [4.78, 5) is 39.8. The molecule has 8 nitrogen and oxygen atoms in total. The van der Waals surface area contributed by atoms with E-state index in [0.29, 0.717) is 0 Å². The Bertz CT molecular complexity index is 997. The number of piperidine rings is 1. The van der Waals surface area contributed by atoms with Gasteiger partial charge in [0, 0.05) is 38.6 Å². The fourth-order valence-electron chi connectivity index (χ4n) is 5.64. The van der Waals surface area contributed by atoms with Gasteiger partial charge in [0.15, 0.2) is 12.2 Å². The normalized spacial score (nSPS) is 26.4. The Morgan fingerprint density at radius 3 is 2.36 bits per heavy atom. The zero-order chi connectivity index (χ0) is 23.3. The Hall–Kier alpha value is -2.87. The third-order valence-corrected chi connectivity index (χ3v) is 7.84. The molecule has 5 rings (SSSR count). The maximum Gasteiger partial charge on any atom is 0.328 e. The van der Waals surface area contributed by atoms with E-state index in [1.807, 2.05) is 11.8 Å². The molecule has 0 N–H and O–H groups in total. The molecule has 8 heteroatoms. The van der Waals surface area contributed by atoms with E-state index in [1.54, 1.807) is 19.0 Å². The van der Waals surface area contributed by atoms with Gasteiger partial charge in [0.2, 0.25) is 5.96 Å². The van der Waals surface area contributed by atoms with E-state index in [1.165, 1.54) is 29.7 Å². The van der Waals surface area contributed by atoms with Crippen LogP contribution in [-0.4, -0.2) is 94.9 Å². The molecule has 0 aromatic heterocycles. The van der Waals surface area contributed by atoms with Crippen molar-refractivity contribution in [2.75, 3.05) is 40.3 Å². The molecular weight excluding hydrogens is 416 g/mol. The summed E-state index contributed by atoms with van der Waals surface area (Å²) < 4.78 is 0.